The standard InChI is InChI=1S/C15H14Cl2N4O/c1-9-4-11(20-22-9)7-21-8-19-15(14(21)6-18)12-3-2-10(16)5-13(12)17/h2-5,8H,6-7,18H2,1H3. The Balaban J connectivity index is 1.99. The average molecular weight is 337 g/mol. The average Bonchev–Trinajstić information content (AvgIpc) is 3.06. The lowest BCUT2D eigenvalue weighted by Gasteiger charge is -2.08. The largest absolute Gasteiger partial charge is 0.361 e. The van der Waals surface area contributed by atoms with Crippen molar-refractivity contribution < 1.29 is 4.52 Å². The smallest absolute Gasteiger partial charge is 0.133 e. The van der Waals surface area contributed by atoms with Gasteiger partial charge in [-0.25, -0.2) is 4.98 Å². The number of hydrogen-bond acceptors (Lipinski definition) is 4. The van der Waals surface area contributed by atoms with Gasteiger partial charge in [-0.2, -0.15) is 0 Å². The van der Waals surface area contributed by atoms with Crippen LogP contribution < -0.4 is 5.73 Å². The van der Waals surface area contributed by atoms with Crippen LogP contribution in [0.25, 0.3) is 11.3 Å². The number of halogens is 2. The molecule has 3 aromatic rings. The van der Waals surface area contributed by atoms with Crippen LogP contribution in [0.4, 0.5) is 0 Å². The number of nitrogens with zero attached hydrogens (tertiary/aromatic N) is 3. The maximum absolute atomic E-state index is 6.26. The van der Waals surface area contributed by atoms with Gasteiger partial charge < -0.3 is 14.8 Å². The first-order valence-electron chi connectivity index (χ1n) is 6.70. The van der Waals surface area contributed by atoms with E-state index in [9.17, 15) is 0 Å². The van der Waals surface area contributed by atoms with E-state index in [1.54, 1.807) is 18.5 Å². The van der Waals surface area contributed by atoms with Crippen molar-refractivity contribution in [2.24, 2.45) is 5.73 Å². The molecule has 0 saturated carbocycles. The van der Waals surface area contributed by atoms with E-state index in [2.05, 4.69) is 10.1 Å². The predicted octanol–water partition coefficient (Wildman–Crippen LogP) is 3.66. The number of aryl methyl sites for hydroxylation is 1. The Hall–Kier alpha value is -1.82. The van der Waals surface area contributed by atoms with Crippen LogP contribution in [0, 0.1) is 6.92 Å². The maximum Gasteiger partial charge on any atom is 0.133 e. The third kappa shape index (κ3) is 2.88. The van der Waals surface area contributed by atoms with Crippen LogP contribution in [-0.2, 0) is 13.1 Å². The van der Waals surface area contributed by atoms with Crippen molar-refractivity contribution in [1.29, 1.82) is 0 Å². The van der Waals surface area contributed by atoms with Crippen molar-refractivity contribution >= 4 is 23.2 Å². The normalized spacial score (nSPS) is 11.1. The van der Waals surface area contributed by atoms with Crippen LogP contribution in [0.3, 0.4) is 0 Å². The van der Waals surface area contributed by atoms with E-state index in [-0.39, 0.29) is 0 Å². The molecule has 0 spiro atoms. The van der Waals surface area contributed by atoms with Crippen LogP contribution in [0.5, 0.6) is 0 Å². The SMILES string of the molecule is Cc1cc(Cn2cnc(-c3ccc(Cl)cc3Cl)c2CN)no1. The molecule has 0 bridgehead atoms. The molecule has 0 unspecified atom stereocenters. The lowest BCUT2D eigenvalue weighted by molar-refractivity contribution is 0.388. The van der Waals surface area contributed by atoms with E-state index >= 15 is 0 Å². The van der Waals surface area contributed by atoms with E-state index in [1.165, 1.54) is 0 Å². The van der Waals surface area contributed by atoms with Crippen molar-refractivity contribution in [2.75, 3.05) is 0 Å². The van der Waals surface area contributed by atoms with Gasteiger partial charge in [-0.05, 0) is 25.1 Å². The maximum atomic E-state index is 6.26. The molecule has 0 aliphatic carbocycles. The fourth-order valence-electron chi connectivity index (χ4n) is 2.33. The lowest BCUT2D eigenvalue weighted by atomic mass is 10.1. The van der Waals surface area contributed by atoms with Crippen LogP contribution in [-0.4, -0.2) is 14.7 Å². The number of imidazole rings is 1. The van der Waals surface area contributed by atoms with E-state index in [0.717, 1.165) is 28.4 Å². The van der Waals surface area contributed by atoms with Gasteiger partial charge in [0.15, 0.2) is 0 Å². The number of nitrogens with two attached hydrogens (primary N) is 1. The van der Waals surface area contributed by atoms with Crippen LogP contribution in [0.15, 0.2) is 35.1 Å². The molecule has 0 aliphatic heterocycles. The molecule has 2 N–H and O–H groups in total. The Kier molecular flexibility index (Phi) is 4.20. The van der Waals surface area contributed by atoms with Crippen LogP contribution >= 0.6 is 23.2 Å². The molecule has 1 aromatic carbocycles. The molecular formula is C15H14Cl2N4O. The molecule has 2 heterocycles. The molecular weight excluding hydrogens is 323 g/mol. The van der Waals surface area contributed by atoms with Gasteiger partial charge in [-0.15, -0.1) is 0 Å². The van der Waals surface area contributed by atoms with Crippen molar-refractivity contribution in [3.05, 3.63) is 57.8 Å². The zero-order chi connectivity index (χ0) is 15.7. The van der Waals surface area contributed by atoms with Crippen molar-refractivity contribution in [2.45, 2.75) is 20.0 Å². The van der Waals surface area contributed by atoms with Crippen LogP contribution in [0.1, 0.15) is 17.1 Å². The van der Waals surface area contributed by atoms with Gasteiger partial charge in [0.1, 0.15) is 11.5 Å². The number of benzene rings is 1. The van der Waals surface area contributed by atoms with E-state index in [1.807, 2.05) is 23.6 Å². The van der Waals surface area contributed by atoms with Gasteiger partial charge in [0.05, 0.1) is 29.3 Å². The summed E-state index contributed by atoms with van der Waals surface area (Å²) in [5.74, 6) is 0.769. The zero-order valence-corrected chi connectivity index (χ0v) is 13.4. The van der Waals surface area contributed by atoms with Gasteiger partial charge >= 0.3 is 0 Å². The van der Waals surface area contributed by atoms with Gasteiger partial charge in [-0.1, -0.05) is 28.4 Å². The highest BCUT2D eigenvalue weighted by Crippen LogP contribution is 2.31. The number of rotatable bonds is 4. The molecule has 0 fully saturated rings. The summed E-state index contributed by atoms with van der Waals surface area (Å²) in [6, 6.07) is 7.20. The van der Waals surface area contributed by atoms with E-state index < -0.39 is 0 Å². The molecule has 0 atom stereocenters. The topological polar surface area (TPSA) is 69.9 Å². The van der Waals surface area contributed by atoms with Gasteiger partial charge in [-0.3, -0.25) is 0 Å². The molecule has 2 aromatic heterocycles. The zero-order valence-electron chi connectivity index (χ0n) is 11.9. The fraction of sp³-hybridized carbons (Fsp3) is 0.200. The third-order valence-corrected chi connectivity index (χ3v) is 3.88. The third-order valence-electron chi connectivity index (χ3n) is 3.33. The first-order valence-corrected chi connectivity index (χ1v) is 7.45. The minimum Gasteiger partial charge on any atom is -0.361 e. The highest BCUT2D eigenvalue weighted by atomic mass is 35.5. The number of aromatic nitrogens is 3. The van der Waals surface area contributed by atoms with Crippen molar-refractivity contribution in [3.8, 4) is 11.3 Å². The molecule has 0 saturated heterocycles. The molecule has 5 nitrogen and oxygen atoms in total. The highest BCUT2D eigenvalue weighted by molar-refractivity contribution is 6.36. The minimum atomic E-state index is 0.338. The predicted molar refractivity (Wildman–Crippen MR) is 85.9 cm³/mol. The molecule has 7 heteroatoms. The van der Waals surface area contributed by atoms with Gasteiger partial charge in [0.25, 0.3) is 0 Å². The quantitative estimate of drug-likeness (QED) is 0.789. The summed E-state index contributed by atoms with van der Waals surface area (Å²) in [6.45, 7) is 2.74. The first-order chi connectivity index (χ1) is 10.6. The molecule has 0 amide bonds. The summed E-state index contributed by atoms with van der Waals surface area (Å²) < 4.78 is 7.03. The molecule has 0 aliphatic rings. The second-order valence-corrected chi connectivity index (χ2v) is 5.77. The summed E-state index contributed by atoms with van der Waals surface area (Å²) in [5, 5.41) is 5.12. The Bertz CT molecular complexity index is 810. The lowest BCUT2D eigenvalue weighted by Crippen LogP contribution is -2.09. The minimum absolute atomic E-state index is 0.338. The summed E-state index contributed by atoms with van der Waals surface area (Å²) in [5.41, 5.74) is 9.16. The summed E-state index contributed by atoms with van der Waals surface area (Å²) in [7, 11) is 0. The second-order valence-electron chi connectivity index (χ2n) is 4.92. The summed E-state index contributed by atoms with van der Waals surface area (Å²) in [6.07, 6.45) is 1.73. The van der Waals surface area contributed by atoms with Crippen molar-refractivity contribution in [3.63, 3.8) is 0 Å². The Labute approximate surface area is 137 Å². The molecule has 22 heavy (non-hydrogen) atoms. The Morgan fingerprint density at radius 3 is 2.73 bits per heavy atom. The highest BCUT2D eigenvalue weighted by Gasteiger charge is 2.15. The van der Waals surface area contributed by atoms with Crippen LogP contribution in [0.2, 0.25) is 10.0 Å². The van der Waals surface area contributed by atoms with Crippen molar-refractivity contribution in [1.82, 2.24) is 14.7 Å². The fourth-order valence-corrected chi connectivity index (χ4v) is 2.83. The van der Waals surface area contributed by atoms with E-state index in [4.69, 9.17) is 33.5 Å². The molecule has 3 rings (SSSR count). The molecule has 0 radical (unpaired) electrons. The summed E-state index contributed by atoms with van der Waals surface area (Å²) >= 11 is 12.2. The van der Waals surface area contributed by atoms with E-state index in [0.29, 0.717) is 23.1 Å². The second kappa shape index (κ2) is 6.12. The molecule has 114 valence electrons. The van der Waals surface area contributed by atoms with Gasteiger partial charge in [0.2, 0.25) is 0 Å². The van der Waals surface area contributed by atoms with Gasteiger partial charge in [0, 0.05) is 23.2 Å². The first kappa shape index (κ1) is 15.1. The Morgan fingerprint density at radius 1 is 1.27 bits per heavy atom. The summed E-state index contributed by atoms with van der Waals surface area (Å²) in [4.78, 5) is 4.45. The number of hydrogen-bond donors (Lipinski definition) is 1. The Morgan fingerprint density at radius 2 is 2.09 bits per heavy atom. The monoisotopic (exact) mass is 336 g/mol.